The Hall–Kier alpha value is -8.14. The predicted octanol–water partition coefficient (Wildman–Crippen LogP) is 15.4. The zero-order chi connectivity index (χ0) is 40.3. The Labute approximate surface area is 353 Å². The van der Waals surface area contributed by atoms with E-state index in [-0.39, 0.29) is 0 Å². The second-order valence-corrected chi connectivity index (χ2v) is 15.6. The summed E-state index contributed by atoms with van der Waals surface area (Å²) in [5.41, 5.74) is 13.0. The van der Waals surface area contributed by atoms with Crippen molar-refractivity contribution in [3.05, 3.63) is 224 Å². The highest BCUT2D eigenvalue weighted by atomic mass is 15.0. The number of para-hydroxylation sites is 2. The van der Waals surface area contributed by atoms with Gasteiger partial charge in [-0.1, -0.05) is 194 Å². The molecule has 2 aromatic heterocycles. The number of hydrogen-bond donors (Lipinski definition) is 0. The molecule has 0 fully saturated rings. The van der Waals surface area contributed by atoms with Crippen LogP contribution in [0.3, 0.4) is 0 Å². The fraction of sp³-hybridized carbons (Fsp3) is 0. The van der Waals surface area contributed by atoms with Gasteiger partial charge >= 0.3 is 0 Å². The quantitative estimate of drug-likeness (QED) is 0.124. The first kappa shape index (κ1) is 34.9. The Morgan fingerprint density at radius 2 is 0.869 bits per heavy atom. The van der Waals surface area contributed by atoms with E-state index in [2.05, 4.69) is 223 Å². The van der Waals surface area contributed by atoms with Gasteiger partial charge in [0.2, 0.25) is 0 Å². The highest BCUT2D eigenvalue weighted by molar-refractivity contribution is 6.28. The second-order valence-electron chi connectivity index (χ2n) is 15.6. The molecule has 0 saturated heterocycles. The van der Waals surface area contributed by atoms with E-state index in [0.717, 1.165) is 55.8 Å². The molecule has 0 aliphatic rings. The van der Waals surface area contributed by atoms with Gasteiger partial charge in [-0.05, 0) is 79.5 Å². The maximum Gasteiger partial charge on any atom is 0.160 e. The molecule has 0 saturated carbocycles. The van der Waals surface area contributed by atoms with E-state index in [1.165, 1.54) is 54.3 Å². The van der Waals surface area contributed by atoms with E-state index in [4.69, 9.17) is 9.97 Å². The van der Waals surface area contributed by atoms with Crippen molar-refractivity contribution < 1.29 is 0 Å². The Morgan fingerprint density at radius 3 is 1.64 bits per heavy atom. The zero-order valence-corrected chi connectivity index (χ0v) is 33.2. The van der Waals surface area contributed by atoms with Crippen molar-refractivity contribution in [2.24, 2.45) is 0 Å². The Kier molecular flexibility index (Phi) is 8.17. The van der Waals surface area contributed by atoms with E-state index < -0.39 is 0 Å². The highest BCUT2D eigenvalue weighted by Gasteiger charge is 2.23. The summed E-state index contributed by atoms with van der Waals surface area (Å²) >= 11 is 0. The number of benzene rings is 10. The third kappa shape index (κ3) is 5.66. The molecular formula is C58H37N3. The SMILES string of the molecule is c1ccc(-c2nc(-c3ccccc3-c3cccc4c3c3ccccc3n4-c3ccccc3)cc(-c3c4ccccc4c(-c4ccccc4)c4ccc5ccccc5c34)n2)cc1. The number of aromatic nitrogens is 3. The molecule has 0 aliphatic heterocycles. The molecule has 10 aromatic carbocycles. The van der Waals surface area contributed by atoms with Crippen molar-refractivity contribution >= 4 is 54.1 Å². The molecule has 12 aromatic rings. The molecule has 0 bridgehead atoms. The molecule has 0 spiro atoms. The van der Waals surface area contributed by atoms with Gasteiger partial charge in [0.1, 0.15) is 0 Å². The van der Waals surface area contributed by atoms with Crippen LogP contribution in [0, 0.1) is 0 Å². The van der Waals surface area contributed by atoms with Crippen molar-refractivity contribution in [2.75, 3.05) is 0 Å². The van der Waals surface area contributed by atoms with Crippen LogP contribution in [0.15, 0.2) is 224 Å². The molecule has 0 radical (unpaired) electrons. The van der Waals surface area contributed by atoms with Crippen LogP contribution in [0.1, 0.15) is 0 Å². The summed E-state index contributed by atoms with van der Waals surface area (Å²) in [7, 11) is 0. The van der Waals surface area contributed by atoms with Gasteiger partial charge < -0.3 is 4.57 Å². The topological polar surface area (TPSA) is 30.7 Å². The van der Waals surface area contributed by atoms with Crippen LogP contribution < -0.4 is 0 Å². The van der Waals surface area contributed by atoms with Crippen LogP contribution in [0.2, 0.25) is 0 Å². The summed E-state index contributed by atoms with van der Waals surface area (Å²) in [5, 5.41) is 9.54. The van der Waals surface area contributed by atoms with Crippen molar-refractivity contribution in [1.29, 1.82) is 0 Å². The molecule has 0 unspecified atom stereocenters. The third-order valence-corrected chi connectivity index (χ3v) is 12.2. The van der Waals surface area contributed by atoms with Gasteiger partial charge in [-0.2, -0.15) is 0 Å². The second kappa shape index (κ2) is 14.3. The average Bonchev–Trinajstić information content (AvgIpc) is 3.68. The van der Waals surface area contributed by atoms with Crippen LogP contribution in [-0.2, 0) is 0 Å². The van der Waals surface area contributed by atoms with Crippen LogP contribution >= 0.6 is 0 Å². The average molecular weight is 776 g/mol. The molecule has 12 rings (SSSR count). The third-order valence-electron chi connectivity index (χ3n) is 12.2. The summed E-state index contributed by atoms with van der Waals surface area (Å²) in [6.07, 6.45) is 0. The fourth-order valence-corrected chi connectivity index (χ4v) is 9.60. The van der Waals surface area contributed by atoms with Crippen LogP contribution in [0.5, 0.6) is 0 Å². The number of hydrogen-bond acceptors (Lipinski definition) is 2. The van der Waals surface area contributed by atoms with Crippen molar-refractivity contribution in [2.45, 2.75) is 0 Å². The predicted molar refractivity (Wildman–Crippen MR) is 256 cm³/mol. The van der Waals surface area contributed by atoms with Crippen LogP contribution in [0.25, 0.3) is 116 Å². The molecule has 284 valence electrons. The van der Waals surface area contributed by atoms with E-state index in [9.17, 15) is 0 Å². The monoisotopic (exact) mass is 775 g/mol. The van der Waals surface area contributed by atoms with E-state index in [0.29, 0.717) is 5.82 Å². The van der Waals surface area contributed by atoms with Crippen LogP contribution in [-0.4, -0.2) is 14.5 Å². The lowest BCUT2D eigenvalue weighted by Gasteiger charge is -2.20. The molecule has 3 heteroatoms. The lowest BCUT2D eigenvalue weighted by Crippen LogP contribution is -1.99. The Balaban J connectivity index is 1.18. The molecule has 3 nitrogen and oxygen atoms in total. The zero-order valence-electron chi connectivity index (χ0n) is 33.2. The summed E-state index contributed by atoms with van der Waals surface area (Å²) in [6.45, 7) is 0. The minimum absolute atomic E-state index is 0.686. The molecule has 0 amide bonds. The first-order chi connectivity index (χ1) is 30.3. The number of rotatable bonds is 6. The highest BCUT2D eigenvalue weighted by Crippen LogP contribution is 2.47. The normalized spacial score (nSPS) is 11.6. The number of nitrogens with zero attached hydrogens (tertiary/aromatic N) is 3. The maximum absolute atomic E-state index is 5.52. The van der Waals surface area contributed by atoms with E-state index in [1.54, 1.807) is 0 Å². The lowest BCUT2D eigenvalue weighted by molar-refractivity contribution is 1.18. The summed E-state index contributed by atoms with van der Waals surface area (Å²) in [4.78, 5) is 11.0. The van der Waals surface area contributed by atoms with Gasteiger partial charge in [0.25, 0.3) is 0 Å². The lowest BCUT2D eigenvalue weighted by atomic mass is 9.85. The molecular weight excluding hydrogens is 739 g/mol. The van der Waals surface area contributed by atoms with Crippen molar-refractivity contribution in [3.63, 3.8) is 0 Å². The summed E-state index contributed by atoms with van der Waals surface area (Å²) < 4.78 is 2.38. The molecule has 2 heterocycles. The summed E-state index contributed by atoms with van der Waals surface area (Å²) in [6, 6.07) is 80.4. The molecule has 0 N–H and O–H groups in total. The molecule has 61 heavy (non-hydrogen) atoms. The van der Waals surface area contributed by atoms with Crippen molar-refractivity contribution in [3.8, 4) is 61.8 Å². The van der Waals surface area contributed by atoms with Gasteiger partial charge in [-0.3, -0.25) is 0 Å². The minimum atomic E-state index is 0.686. The van der Waals surface area contributed by atoms with Gasteiger partial charge in [0.05, 0.1) is 22.4 Å². The fourth-order valence-electron chi connectivity index (χ4n) is 9.60. The Morgan fingerprint density at radius 1 is 0.311 bits per heavy atom. The van der Waals surface area contributed by atoms with Gasteiger partial charge in [-0.25, -0.2) is 9.97 Å². The van der Waals surface area contributed by atoms with Gasteiger partial charge in [0.15, 0.2) is 5.82 Å². The van der Waals surface area contributed by atoms with E-state index >= 15 is 0 Å². The minimum Gasteiger partial charge on any atom is -0.309 e. The van der Waals surface area contributed by atoms with Crippen LogP contribution in [0.4, 0.5) is 0 Å². The van der Waals surface area contributed by atoms with Gasteiger partial charge in [0, 0.05) is 38.5 Å². The van der Waals surface area contributed by atoms with Gasteiger partial charge in [-0.15, -0.1) is 0 Å². The smallest absolute Gasteiger partial charge is 0.160 e. The largest absolute Gasteiger partial charge is 0.309 e. The summed E-state index contributed by atoms with van der Waals surface area (Å²) in [5.74, 6) is 0.686. The van der Waals surface area contributed by atoms with Crippen molar-refractivity contribution in [1.82, 2.24) is 14.5 Å². The first-order valence-corrected chi connectivity index (χ1v) is 20.8. The van der Waals surface area contributed by atoms with E-state index in [1.807, 2.05) is 6.07 Å². The Bertz CT molecular complexity index is 3630. The molecule has 0 atom stereocenters. The number of fused-ring (bicyclic) bond motifs is 7. The standard InChI is InChI=1S/C58H37N3/c1-4-20-39(21-5-1)54-46-29-14-15-30-47(46)57(56-42-26-11-10-19-38(42)35-36-49(54)56)51-37-50(59-58(60-51)40-22-6-2-7-23-40)44-28-13-12-27-43(44)45-32-18-34-53-55(45)48-31-16-17-33-52(48)61(53)41-24-8-3-9-25-41/h1-37H. The first-order valence-electron chi connectivity index (χ1n) is 20.8. The molecule has 0 aliphatic carbocycles. The maximum atomic E-state index is 5.52.